The Hall–Kier alpha value is -2.51. The van der Waals surface area contributed by atoms with E-state index in [4.69, 9.17) is 14.6 Å². The van der Waals surface area contributed by atoms with Crippen molar-refractivity contribution in [2.24, 2.45) is 0 Å². The summed E-state index contributed by atoms with van der Waals surface area (Å²) in [5.74, 6) is -0.547. The molecule has 231 valence electrons. The number of nitrogens with zero attached hydrogens (tertiary/aromatic N) is 2. The molecule has 0 aromatic heterocycles. The molecule has 3 radical (unpaired) electrons. The standard InChI is InChI=1S/C14H18FNO3.C14H16FNO3.C2H6O.B.Na.H/c2*15-12-7-4-8-16(9-13(12)17)14(18)19-10-11-5-2-1-3-6-11;1-2-3;;;/h1-3,5-6,12-13,17H,4,7-10H2;1-3,5-6,12H,4,7-10H2;3H,2H2,1H3;;;/q;;;;+1;-1. The van der Waals surface area contributed by atoms with E-state index < -0.39 is 36.4 Å². The molecule has 3 atom stereocenters. The number of rotatable bonds is 4. The maximum atomic E-state index is 13.3. The number of aliphatic hydroxyl groups is 2. The van der Waals surface area contributed by atoms with Gasteiger partial charge in [-0.2, -0.15) is 0 Å². The summed E-state index contributed by atoms with van der Waals surface area (Å²) >= 11 is 0. The first-order valence-electron chi connectivity index (χ1n) is 13.8. The van der Waals surface area contributed by atoms with Gasteiger partial charge in [0.05, 0.1) is 13.1 Å². The predicted octanol–water partition coefficient (Wildman–Crippen LogP) is 1.18. The molecule has 2 aliphatic rings. The van der Waals surface area contributed by atoms with Crippen molar-refractivity contribution in [3.8, 4) is 0 Å². The zero-order chi connectivity index (χ0) is 30.0. The molecule has 2 fully saturated rings. The Morgan fingerprint density at radius 3 is 1.84 bits per heavy atom. The van der Waals surface area contributed by atoms with Gasteiger partial charge in [0.1, 0.15) is 25.5 Å². The largest absolute Gasteiger partial charge is 1.00 e. The molecule has 2 saturated heterocycles. The van der Waals surface area contributed by atoms with Crippen LogP contribution in [0.3, 0.4) is 0 Å². The van der Waals surface area contributed by atoms with Crippen LogP contribution in [0.5, 0.6) is 0 Å². The molecule has 9 nitrogen and oxygen atoms in total. The van der Waals surface area contributed by atoms with Crippen LogP contribution in [0.15, 0.2) is 60.7 Å². The Morgan fingerprint density at radius 2 is 1.33 bits per heavy atom. The number of benzene rings is 2. The summed E-state index contributed by atoms with van der Waals surface area (Å²) in [6.07, 6.45) is -3.41. The molecule has 0 spiro atoms. The molecule has 2 amide bonds. The molecule has 2 aliphatic heterocycles. The van der Waals surface area contributed by atoms with E-state index in [0.717, 1.165) is 11.1 Å². The van der Waals surface area contributed by atoms with Gasteiger partial charge in [-0.15, -0.1) is 0 Å². The van der Waals surface area contributed by atoms with E-state index in [9.17, 15) is 28.3 Å². The van der Waals surface area contributed by atoms with Crippen molar-refractivity contribution in [2.45, 2.75) is 64.3 Å². The first-order chi connectivity index (χ1) is 19.7. The first-order valence-corrected chi connectivity index (χ1v) is 13.8. The number of Topliss-reactive ketones (excluding diaryl/α,β-unsaturated/α-hetero) is 1. The number of β-amino-alcohol motifs (C(OH)–C–C–N with tert-alkyl or cyclic N) is 1. The maximum absolute atomic E-state index is 13.3. The average molecular weight is 613 g/mol. The van der Waals surface area contributed by atoms with Crippen LogP contribution in [0.1, 0.15) is 45.2 Å². The number of alkyl halides is 2. The van der Waals surface area contributed by atoms with E-state index in [-0.39, 0.29) is 85.1 Å². The third kappa shape index (κ3) is 15.7. The molecular weight excluding hydrogens is 572 g/mol. The van der Waals surface area contributed by atoms with Crippen molar-refractivity contribution < 1.29 is 73.8 Å². The third-order valence-corrected chi connectivity index (χ3v) is 6.24. The number of carbonyl (C=O) groups excluding carboxylic acids is 3. The van der Waals surface area contributed by atoms with E-state index in [1.807, 2.05) is 60.7 Å². The number of hydrogen-bond donors (Lipinski definition) is 2. The molecule has 2 aromatic rings. The topological polar surface area (TPSA) is 117 Å². The van der Waals surface area contributed by atoms with Crippen molar-refractivity contribution in [2.75, 3.05) is 32.8 Å². The Labute approximate surface area is 277 Å². The van der Waals surface area contributed by atoms with Crippen molar-refractivity contribution in [1.82, 2.24) is 9.80 Å². The summed E-state index contributed by atoms with van der Waals surface area (Å²) in [7, 11) is 0. The molecule has 2 aromatic carbocycles. The quantitative estimate of drug-likeness (QED) is 0.498. The second kappa shape index (κ2) is 23.0. The Bertz CT molecular complexity index is 1070. The van der Waals surface area contributed by atoms with Gasteiger partial charge in [0.25, 0.3) is 0 Å². The van der Waals surface area contributed by atoms with Gasteiger partial charge in [0, 0.05) is 28.1 Å². The summed E-state index contributed by atoms with van der Waals surface area (Å²) in [5, 5.41) is 17.1. The number of likely N-dealkylation sites (tertiary alicyclic amines) is 2. The van der Waals surface area contributed by atoms with Gasteiger partial charge >= 0.3 is 41.7 Å². The zero-order valence-corrected chi connectivity index (χ0v) is 26.9. The van der Waals surface area contributed by atoms with E-state index in [1.165, 1.54) is 9.80 Å². The fourth-order valence-electron chi connectivity index (χ4n) is 4.03. The van der Waals surface area contributed by atoms with Crippen LogP contribution in [0.4, 0.5) is 18.4 Å². The molecule has 3 unspecified atom stereocenters. The predicted molar refractivity (Wildman–Crippen MR) is 155 cm³/mol. The summed E-state index contributed by atoms with van der Waals surface area (Å²) in [4.78, 5) is 37.7. The fraction of sp³-hybridized carbons (Fsp3) is 0.500. The van der Waals surface area contributed by atoms with Crippen molar-refractivity contribution >= 4 is 26.4 Å². The van der Waals surface area contributed by atoms with Gasteiger partial charge < -0.3 is 30.9 Å². The molecule has 0 saturated carbocycles. The average Bonchev–Trinajstić information content (AvgIpc) is 3.26. The van der Waals surface area contributed by atoms with Crippen molar-refractivity contribution in [1.29, 1.82) is 0 Å². The van der Waals surface area contributed by atoms with Crippen LogP contribution in [0.25, 0.3) is 0 Å². The third-order valence-electron chi connectivity index (χ3n) is 6.24. The molecule has 2 heterocycles. The van der Waals surface area contributed by atoms with Crippen LogP contribution in [0, 0.1) is 0 Å². The Morgan fingerprint density at radius 1 is 0.884 bits per heavy atom. The van der Waals surface area contributed by atoms with Crippen LogP contribution < -0.4 is 29.6 Å². The Balaban J connectivity index is 0. The summed E-state index contributed by atoms with van der Waals surface area (Å²) < 4.78 is 36.8. The second-order valence-electron chi connectivity index (χ2n) is 9.57. The molecule has 2 N–H and O–H groups in total. The molecule has 4 rings (SSSR count). The molecule has 43 heavy (non-hydrogen) atoms. The van der Waals surface area contributed by atoms with Gasteiger partial charge in [-0.05, 0) is 43.7 Å². The normalized spacial score (nSPS) is 19.7. The van der Waals surface area contributed by atoms with Crippen molar-refractivity contribution in [3.05, 3.63) is 71.8 Å². The van der Waals surface area contributed by atoms with Gasteiger partial charge in [-0.3, -0.25) is 4.79 Å². The first kappa shape index (κ1) is 40.5. The van der Waals surface area contributed by atoms with Crippen LogP contribution in [-0.2, 0) is 27.5 Å². The van der Waals surface area contributed by atoms with E-state index in [1.54, 1.807) is 6.92 Å². The number of hydrogen-bond acceptors (Lipinski definition) is 7. The van der Waals surface area contributed by atoms with Gasteiger partial charge in [-0.1, -0.05) is 60.7 Å². The molecule has 0 aliphatic carbocycles. The van der Waals surface area contributed by atoms with Crippen LogP contribution in [0.2, 0.25) is 0 Å². The van der Waals surface area contributed by atoms with Crippen LogP contribution >= 0.6 is 0 Å². The molecular formula is C30H41BF2N2NaO7. The van der Waals surface area contributed by atoms with Crippen LogP contribution in [-0.4, -0.2) is 97.6 Å². The number of amides is 2. The second-order valence-corrected chi connectivity index (χ2v) is 9.57. The summed E-state index contributed by atoms with van der Waals surface area (Å²) in [6.45, 7) is 2.85. The van der Waals surface area contributed by atoms with E-state index >= 15 is 0 Å². The van der Waals surface area contributed by atoms with Gasteiger partial charge in [-0.25, -0.2) is 18.4 Å². The number of ether oxygens (including phenoxy) is 2. The minimum Gasteiger partial charge on any atom is -1.00 e. The molecule has 13 heteroatoms. The molecule has 0 bridgehead atoms. The number of carbonyl (C=O) groups is 3. The number of halogens is 2. The van der Waals surface area contributed by atoms with E-state index in [0.29, 0.717) is 25.9 Å². The SMILES string of the molecule is CCO.O=C(OCc1ccccc1)N1CCCC(F)C(O)C1.O=C1CN(C(=O)OCc2ccccc2)CCCC1F.[B].[H-].[Na+]. The smallest absolute Gasteiger partial charge is 1.00 e. The minimum absolute atomic E-state index is 0. The fourth-order valence-corrected chi connectivity index (χ4v) is 4.03. The zero-order valence-electron chi connectivity index (χ0n) is 25.9. The van der Waals surface area contributed by atoms with Crippen molar-refractivity contribution in [3.63, 3.8) is 0 Å². The Kier molecular flexibility index (Phi) is 21.6. The summed E-state index contributed by atoms with van der Waals surface area (Å²) in [6, 6.07) is 18.6. The minimum atomic E-state index is -1.45. The maximum Gasteiger partial charge on any atom is 1.00 e. The van der Waals surface area contributed by atoms with Gasteiger partial charge in [0.2, 0.25) is 0 Å². The number of ketones is 1. The van der Waals surface area contributed by atoms with E-state index in [2.05, 4.69) is 0 Å². The summed E-state index contributed by atoms with van der Waals surface area (Å²) in [5.41, 5.74) is 1.77. The number of aliphatic hydroxyl groups excluding tert-OH is 2. The van der Waals surface area contributed by atoms with Gasteiger partial charge in [0.15, 0.2) is 12.0 Å². The monoisotopic (exact) mass is 613 g/mol.